The third kappa shape index (κ3) is 2.90. The molecule has 1 aromatic heterocycles. The highest BCUT2D eigenvalue weighted by Crippen LogP contribution is 2.36. The first-order valence-electron chi connectivity index (χ1n) is 8.36. The maximum atomic E-state index is 12.4. The van der Waals surface area contributed by atoms with Gasteiger partial charge in [0.2, 0.25) is 5.91 Å². The number of fused-ring (bicyclic) bond motifs is 1. The number of thioether (sulfide) groups is 1. The molecule has 120 valence electrons. The Balaban J connectivity index is 1.61. The Labute approximate surface area is 140 Å². The van der Waals surface area contributed by atoms with E-state index in [4.69, 9.17) is 0 Å². The molecule has 1 aliphatic heterocycles. The molecule has 4 nitrogen and oxygen atoms in total. The van der Waals surface area contributed by atoms with Crippen LogP contribution in [0.4, 0.5) is 5.69 Å². The van der Waals surface area contributed by atoms with Gasteiger partial charge in [0.1, 0.15) is 0 Å². The van der Waals surface area contributed by atoms with Crippen molar-refractivity contribution in [2.75, 3.05) is 10.7 Å². The van der Waals surface area contributed by atoms with Crippen molar-refractivity contribution in [2.45, 2.75) is 49.6 Å². The van der Waals surface area contributed by atoms with Gasteiger partial charge in [0.25, 0.3) is 0 Å². The summed E-state index contributed by atoms with van der Waals surface area (Å²) in [5.41, 5.74) is 2.18. The SMILES string of the molecule is O=C1CSc2ccccc2N1Cc1cncn1C1CCCCC1. The minimum atomic E-state index is 0.185. The van der Waals surface area contributed by atoms with Gasteiger partial charge >= 0.3 is 0 Å². The number of carbonyl (C=O) groups is 1. The highest BCUT2D eigenvalue weighted by molar-refractivity contribution is 8.00. The van der Waals surface area contributed by atoms with E-state index in [0.717, 1.165) is 11.4 Å². The minimum absolute atomic E-state index is 0.185. The molecule has 23 heavy (non-hydrogen) atoms. The molecule has 2 aromatic rings. The van der Waals surface area contributed by atoms with E-state index in [1.54, 1.807) is 11.8 Å². The van der Waals surface area contributed by atoms with Gasteiger partial charge in [-0.3, -0.25) is 4.79 Å². The maximum Gasteiger partial charge on any atom is 0.237 e. The second-order valence-corrected chi connectivity index (χ2v) is 7.34. The lowest BCUT2D eigenvalue weighted by Crippen LogP contribution is -2.35. The number of rotatable bonds is 3. The molecule has 1 aliphatic carbocycles. The second kappa shape index (κ2) is 6.40. The van der Waals surface area contributed by atoms with Gasteiger partial charge in [0, 0.05) is 17.1 Å². The Morgan fingerprint density at radius 3 is 2.87 bits per heavy atom. The quantitative estimate of drug-likeness (QED) is 0.854. The largest absolute Gasteiger partial charge is 0.330 e. The molecule has 4 rings (SSSR count). The molecule has 0 atom stereocenters. The Morgan fingerprint density at radius 1 is 1.17 bits per heavy atom. The van der Waals surface area contributed by atoms with Crippen molar-refractivity contribution in [1.82, 2.24) is 9.55 Å². The zero-order valence-corrected chi connectivity index (χ0v) is 14.0. The van der Waals surface area contributed by atoms with Crippen molar-refractivity contribution < 1.29 is 4.79 Å². The third-order valence-electron chi connectivity index (χ3n) is 4.84. The highest BCUT2D eigenvalue weighted by Gasteiger charge is 2.26. The summed E-state index contributed by atoms with van der Waals surface area (Å²) in [4.78, 5) is 19.9. The number of anilines is 1. The first-order valence-corrected chi connectivity index (χ1v) is 9.34. The average molecular weight is 327 g/mol. The lowest BCUT2D eigenvalue weighted by atomic mass is 9.95. The summed E-state index contributed by atoms with van der Waals surface area (Å²) >= 11 is 1.63. The fourth-order valence-corrected chi connectivity index (χ4v) is 4.57. The van der Waals surface area contributed by atoms with E-state index in [0.29, 0.717) is 18.3 Å². The van der Waals surface area contributed by atoms with E-state index in [2.05, 4.69) is 15.6 Å². The predicted octanol–water partition coefficient (Wildman–Crippen LogP) is 4.03. The Bertz CT molecular complexity index is 706. The molecule has 0 radical (unpaired) electrons. The van der Waals surface area contributed by atoms with Gasteiger partial charge in [0.05, 0.1) is 30.0 Å². The second-order valence-electron chi connectivity index (χ2n) is 6.32. The van der Waals surface area contributed by atoms with Crippen molar-refractivity contribution in [2.24, 2.45) is 0 Å². The molecule has 1 saturated carbocycles. The van der Waals surface area contributed by atoms with Crippen LogP contribution in [0.5, 0.6) is 0 Å². The molecule has 0 N–H and O–H groups in total. The van der Waals surface area contributed by atoms with Crippen LogP contribution in [-0.4, -0.2) is 21.2 Å². The van der Waals surface area contributed by atoms with Gasteiger partial charge in [-0.2, -0.15) is 0 Å². The molecule has 5 heteroatoms. The molecule has 1 aromatic carbocycles. The maximum absolute atomic E-state index is 12.4. The molecule has 0 saturated heterocycles. The van der Waals surface area contributed by atoms with Crippen molar-refractivity contribution in [1.29, 1.82) is 0 Å². The molecule has 0 unspecified atom stereocenters. The fourth-order valence-electron chi connectivity index (χ4n) is 3.63. The lowest BCUT2D eigenvalue weighted by Gasteiger charge is -2.30. The number of nitrogens with zero attached hydrogens (tertiary/aromatic N) is 3. The first kappa shape index (κ1) is 14.8. The Morgan fingerprint density at radius 2 is 2.00 bits per heavy atom. The van der Waals surface area contributed by atoms with Crippen molar-refractivity contribution in [3.63, 3.8) is 0 Å². The van der Waals surface area contributed by atoms with E-state index in [-0.39, 0.29) is 5.91 Å². The monoisotopic (exact) mass is 327 g/mol. The molecule has 1 fully saturated rings. The van der Waals surface area contributed by atoms with E-state index in [9.17, 15) is 4.79 Å². The summed E-state index contributed by atoms with van der Waals surface area (Å²) in [5, 5.41) is 0. The summed E-state index contributed by atoms with van der Waals surface area (Å²) < 4.78 is 2.30. The molecular formula is C18H21N3OS. The van der Waals surface area contributed by atoms with Crippen LogP contribution in [0, 0.1) is 0 Å². The van der Waals surface area contributed by atoms with Gasteiger partial charge in [-0.25, -0.2) is 4.98 Å². The summed E-state index contributed by atoms with van der Waals surface area (Å²) in [6.45, 7) is 0.618. The zero-order valence-electron chi connectivity index (χ0n) is 13.1. The van der Waals surface area contributed by atoms with Crippen LogP contribution in [0.3, 0.4) is 0 Å². The van der Waals surface area contributed by atoms with Gasteiger partial charge in [-0.15, -0.1) is 11.8 Å². The van der Waals surface area contributed by atoms with Crippen LogP contribution in [-0.2, 0) is 11.3 Å². The predicted molar refractivity (Wildman–Crippen MR) is 92.7 cm³/mol. The van der Waals surface area contributed by atoms with Gasteiger partial charge < -0.3 is 9.47 Å². The van der Waals surface area contributed by atoms with E-state index < -0.39 is 0 Å². The van der Waals surface area contributed by atoms with E-state index >= 15 is 0 Å². The Kier molecular flexibility index (Phi) is 4.12. The van der Waals surface area contributed by atoms with Crippen molar-refractivity contribution in [3.05, 3.63) is 42.5 Å². The molecule has 2 aliphatic rings. The number of hydrogen-bond acceptors (Lipinski definition) is 3. The van der Waals surface area contributed by atoms with Crippen LogP contribution in [0.25, 0.3) is 0 Å². The summed E-state index contributed by atoms with van der Waals surface area (Å²) in [5.74, 6) is 0.708. The van der Waals surface area contributed by atoms with E-state index in [1.165, 1.54) is 37.0 Å². The lowest BCUT2D eigenvalue weighted by molar-refractivity contribution is -0.116. The van der Waals surface area contributed by atoms with Crippen LogP contribution < -0.4 is 4.90 Å². The zero-order chi connectivity index (χ0) is 15.6. The molecular weight excluding hydrogens is 306 g/mol. The topological polar surface area (TPSA) is 38.1 Å². The number of aromatic nitrogens is 2. The minimum Gasteiger partial charge on any atom is -0.330 e. The van der Waals surface area contributed by atoms with Gasteiger partial charge in [0.15, 0.2) is 0 Å². The van der Waals surface area contributed by atoms with Gasteiger partial charge in [-0.05, 0) is 25.0 Å². The first-order chi connectivity index (χ1) is 11.3. The normalized spacial score (nSPS) is 19.0. The fraction of sp³-hybridized carbons (Fsp3) is 0.444. The molecule has 2 heterocycles. The number of hydrogen-bond donors (Lipinski definition) is 0. The van der Waals surface area contributed by atoms with Crippen LogP contribution in [0.1, 0.15) is 43.8 Å². The standard InChI is InChI=1S/C18H21N3OS/c22-18-12-23-17-9-5-4-8-16(17)20(18)11-15-10-19-13-21(15)14-6-2-1-3-7-14/h4-5,8-10,13-14H,1-3,6-7,11-12H2. The number of para-hydroxylation sites is 1. The smallest absolute Gasteiger partial charge is 0.237 e. The Hall–Kier alpha value is -1.75. The van der Waals surface area contributed by atoms with Crippen molar-refractivity contribution in [3.8, 4) is 0 Å². The van der Waals surface area contributed by atoms with Crippen LogP contribution >= 0.6 is 11.8 Å². The molecule has 1 amide bonds. The van der Waals surface area contributed by atoms with Gasteiger partial charge in [-0.1, -0.05) is 31.4 Å². The number of imidazole rings is 1. The number of carbonyl (C=O) groups excluding carboxylic acids is 1. The van der Waals surface area contributed by atoms with Crippen LogP contribution in [0.2, 0.25) is 0 Å². The molecule has 0 bridgehead atoms. The highest BCUT2D eigenvalue weighted by atomic mass is 32.2. The number of benzene rings is 1. The third-order valence-corrected chi connectivity index (χ3v) is 5.89. The summed E-state index contributed by atoms with van der Waals surface area (Å²) in [6, 6.07) is 8.72. The molecule has 0 spiro atoms. The van der Waals surface area contributed by atoms with Crippen LogP contribution in [0.15, 0.2) is 41.7 Å². The number of amides is 1. The average Bonchev–Trinajstić information content (AvgIpc) is 3.06. The van der Waals surface area contributed by atoms with E-state index in [1.807, 2.05) is 35.6 Å². The summed E-state index contributed by atoms with van der Waals surface area (Å²) in [7, 11) is 0. The summed E-state index contributed by atoms with van der Waals surface area (Å²) in [6.07, 6.45) is 10.3. The van der Waals surface area contributed by atoms with Crippen molar-refractivity contribution >= 4 is 23.4 Å².